The number of ether oxygens (including phenoxy) is 1. The smallest absolute Gasteiger partial charge is 0.406 e. The second kappa shape index (κ2) is 11.0. The first-order valence-electron chi connectivity index (χ1n) is 10.5. The van der Waals surface area contributed by atoms with Gasteiger partial charge in [0.05, 0.1) is 18.3 Å². The SMILES string of the molecule is CC(C)[C@H](CO)Nc1nc(NCCc2ccccn2)cc(-c2cccc(OC(F)(F)F)c2)n1. The zero-order valence-corrected chi connectivity index (χ0v) is 18.3. The number of benzene rings is 1. The first-order valence-corrected chi connectivity index (χ1v) is 10.5. The molecule has 0 saturated carbocycles. The molecule has 1 atom stereocenters. The van der Waals surface area contributed by atoms with Crippen LogP contribution in [0.2, 0.25) is 0 Å². The molecule has 0 aliphatic carbocycles. The van der Waals surface area contributed by atoms with Crippen molar-refractivity contribution in [3.8, 4) is 17.0 Å². The zero-order chi connectivity index (χ0) is 23.8. The van der Waals surface area contributed by atoms with Crippen molar-refractivity contribution in [1.29, 1.82) is 0 Å². The van der Waals surface area contributed by atoms with Crippen molar-refractivity contribution in [2.45, 2.75) is 32.7 Å². The molecule has 0 amide bonds. The average Bonchev–Trinajstić information content (AvgIpc) is 2.77. The number of pyridine rings is 1. The highest BCUT2D eigenvalue weighted by molar-refractivity contribution is 5.66. The topological polar surface area (TPSA) is 92.2 Å². The summed E-state index contributed by atoms with van der Waals surface area (Å²) in [6.45, 7) is 4.31. The Bertz CT molecular complexity index is 1030. The van der Waals surface area contributed by atoms with Crippen LogP contribution in [0.25, 0.3) is 11.3 Å². The zero-order valence-electron chi connectivity index (χ0n) is 18.3. The number of hydrogen-bond acceptors (Lipinski definition) is 7. The lowest BCUT2D eigenvalue weighted by Crippen LogP contribution is -2.30. The van der Waals surface area contributed by atoms with Gasteiger partial charge in [-0.3, -0.25) is 4.98 Å². The normalized spacial score (nSPS) is 12.5. The fraction of sp³-hybridized carbons (Fsp3) is 0.348. The number of anilines is 2. The number of hydrogen-bond donors (Lipinski definition) is 3. The lowest BCUT2D eigenvalue weighted by atomic mass is 10.1. The van der Waals surface area contributed by atoms with Crippen LogP contribution >= 0.6 is 0 Å². The minimum Gasteiger partial charge on any atom is -0.406 e. The Kier molecular flexibility index (Phi) is 8.05. The minimum atomic E-state index is -4.79. The molecule has 10 heteroatoms. The Labute approximate surface area is 190 Å². The standard InChI is InChI=1S/C23H26F3N5O2/c1-15(2)20(14-32)30-22-29-19(16-6-5-8-18(12-16)33-23(24,25)26)13-21(31-22)28-11-9-17-7-3-4-10-27-17/h3-8,10,12-13,15,20,32H,9,11,14H2,1-2H3,(H2,28,29,30,31)/t20-/m0/s1. The molecular formula is C23H26F3N5O2. The van der Waals surface area contributed by atoms with Gasteiger partial charge in [-0.15, -0.1) is 13.2 Å². The highest BCUT2D eigenvalue weighted by atomic mass is 19.4. The molecule has 2 heterocycles. The minimum absolute atomic E-state index is 0.103. The fourth-order valence-electron chi connectivity index (χ4n) is 3.06. The Hall–Kier alpha value is -3.40. The van der Waals surface area contributed by atoms with Crippen LogP contribution in [0.5, 0.6) is 5.75 Å². The van der Waals surface area contributed by atoms with Gasteiger partial charge in [-0.05, 0) is 30.2 Å². The van der Waals surface area contributed by atoms with E-state index in [0.29, 0.717) is 30.0 Å². The molecule has 0 fully saturated rings. The van der Waals surface area contributed by atoms with E-state index in [4.69, 9.17) is 0 Å². The van der Waals surface area contributed by atoms with Crippen LogP contribution in [-0.4, -0.2) is 45.6 Å². The predicted molar refractivity (Wildman–Crippen MR) is 120 cm³/mol. The molecule has 176 valence electrons. The van der Waals surface area contributed by atoms with Crippen molar-refractivity contribution in [3.05, 3.63) is 60.4 Å². The van der Waals surface area contributed by atoms with Gasteiger partial charge in [-0.1, -0.05) is 32.0 Å². The van der Waals surface area contributed by atoms with Gasteiger partial charge in [0, 0.05) is 36.5 Å². The second-order valence-corrected chi connectivity index (χ2v) is 7.71. The van der Waals surface area contributed by atoms with E-state index in [1.807, 2.05) is 32.0 Å². The largest absolute Gasteiger partial charge is 0.573 e. The summed E-state index contributed by atoms with van der Waals surface area (Å²) in [5.74, 6) is 0.503. The van der Waals surface area contributed by atoms with Crippen molar-refractivity contribution < 1.29 is 23.0 Å². The van der Waals surface area contributed by atoms with E-state index >= 15 is 0 Å². The molecule has 33 heavy (non-hydrogen) atoms. The van der Waals surface area contributed by atoms with Gasteiger partial charge in [0.1, 0.15) is 11.6 Å². The quantitative estimate of drug-likeness (QED) is 0.409. The first-order chi connectivity index (χ1) is 15.7. The summed E-state index contributed by atoms with van der Waals surface area (Å²) >= 11 is 0. The van der Waals surface area contributed by atoms with Crippen LogP contribution in [0.1, 0.15) is 19.5 Å². The number of aliphatic hydroxyl groups is 1. The third kappa shape index (κ3) is 7.60. The van der Waals surface area contributed by atoms with E-state index in [1.54, 1.807) is 18.3 Å². The van der Waals surface area contributed by atoms with Crippen molar-refractivity contribution in [2.75, 3.05) is 23.8 Å². The molecule has 3 rings (SSSR count). The van der Waals surface area contributed by atoms with Gasteiger partial charge < -0.3 is 20.5 Å². The van der Waals surface area contributed by atoms with E-state index in [0.717, 1.165) is 5.69 Å². The molecule has 3 N–H and O–H groups in total. The maximum atomic E-state index is 12.6. The van der Waals surface area contributed by atoms with Crippen molar-refractivity contribution in [3.63, 3.8) is 0 Å². The van der Waals surface area contributed by atoms with E-state index in [1.165, 1.54) is 18.2 Å². The van der Waals surface area contributed by atoms with Crippen LogP contribution < -0.4 is 15.4 Å². The van der Waals surface area contributed by atoms with Gasteiger partial charge in [0.2, 0.25) is 5.95 Å². The Balaban J connectivity index is 1.87. The molecule has 0 spiro atoms. The highest BCUT2D eigenvalue weighted by Crippen LogP contribution is 2.29. The summed E-state index contributed by atoms with van der Waals surface area (Å²) in [4.78, 5) is 13.2. The second-order valence-electron chi connectivity index (χ2n) is 7.71. The number of nitrogens with zero attached hydrogens (tertiary/aromatic N) is 3. The van der Waals surface area contributed by atoms with Crippen LogP contribution in [-0.2, 0) is 6.42 Å². The lowest BCUT2D eigenvalue weighted by molar-refractivity contribution is -0.274. The lowest BCUT2D eigenvalue weighted by Gasteiger charge is -2.21. The number of rotatable bonds is 10. The van der Waals surface area contributed by atoms with Gasteiger partial charge in [-0.2, -0.15) is 4.98 Å². The van der Waals surface area contributed by atoms with E-state index in [-0.39, 0.29) is 30.3 Å². The molecule has 2 aromatic heterocycles. The molecule has 0 saturated heterocycles. The van der Waals surface area contributed by atoms with Crippen LogP contribution in [0.15, 0.2) is 54.7 Å². The molecule has 7 nitrogen and oxygen atoms in total. The van der Waals surface area contributed by atoms with E-state index in [2.05, 4.69) is 30.3 Å². The van der Waals surface area contributed by atoms with Gasteiger partial charge in [0.25, 0.3) is 0 Å². The van der Waals surface area contributed by atoms with Crippen molar-refractivity contribution in [1.82, 2.24) is 15.0 Å². The van der Waals surface area contributed by atoms with Crippen LogP contribution in [0.3, 0.4) is 0 Å². The molecule has 0 aliphatic rings. The number of aromatic nitrogens is 3. The van der Waals surface area contributed by atoms with Gasteiger partial charge >= 0.3 is 6.36 Å². The predicted octanol–water partition coefficient (Wildman–Crippen LogP) is 4.52. The fourth-order valence-corrected chi connectivity index (χ4v) is 3.06. The third-order valence-corrected chi connectivity index (χ3v) is 4.82. The number of halogens is 3. The molecule has 0 aliphatic heterocycles. The van der Waals surface area contributed by atoms with E-state index in [9.17, 15) is 18.3 Å². The highest BCUT2D eigenvalue weighted by Gasteiger charge is 2.31. The Morgan fingerprint density at radius 2 is 1.88 bits per heavy atom. The summed E-state index contributed by atoms with van der Waals surface area (Å²) < 4.78 is 42.0. The number of aliphatic hydroxyl groups excluding tert-OH is 1. The summed E-state index contributed by atoms with van der Waals surface area (Å²) in [7, 11) is 0. The summed E-state index contributed by atoms with van der Waals surface area (Å²) in [6.07, 6.45) is -2.42. The van der Waals surface area contributed by atoms with Crippen molar-refractivity contribution in [2.24, 2.45) is 5.92 Å². The van der Waals surface area contributed by atoms with Gasteiger partial charge in [0.15, 0.2) is 0 Å². The molecular weight excluding hydrogens is 435 g/mol. The van der Waals surface area contributed by atoms with Crippen LogP contribution in [0.4, 0.5) is 24.9 Å². The molecule has 3 aromatic rings. The Morgan fingerprint density at radius 1 is 1.06 bits per heavy atom. The molecule has 1 aromatic carbocycles. The number of alkyl halides is 3. The summed E-state index contributed by atoms with van der Waals surface area (Å²) in [5, 5.41) is 16.0. The Morgan fingerprint density at radius 3 is 2.55 bits per heavy atom. The molecule has 0 unspecified atom stereocenters. The summed E-state index contributed by atoms with van der Waals surface area (Å²) in [5.41, 5.74) is 1.75. The third-order valence-electron chi connectivity index (χ3n) is 4.82. The van der Waals surface area contributed by atoms with E-state index < -0.39 is 6.36 Å². The van der Waals surface area contributed by atoms with Crippen molar-refractivity contribution >= 4 is 11.8 Å². The number of nitrogens with one attached hydrogen (secondary N) is 2. The van der Waals surface area contributed by atoms with Crippen LogP contribution in [0, 0.1) is 5.92 Å². The average molecular weight is 461 g/mol. The van der Waals surface area contributed by atoms with Gasteiger partial charge in [-0.25, -0.2) is 4.98 Å². The maximum Gasteiger partial charge on any atom is 0.573 e. The maximum absolute atomic E-state index is 12.6. The first kappa shape index (κ1) is 24.2. The monoisotopic (exact) mass is 461 g/mol. The summed E-state index contributed by atoms with van der Waals surface area (Å²) in [6, 6.07) is 12.6. The molecule has 0 bridgehead atoms. The molecule has 0 radical (unpaired) electrons.